The first-order valence-electron chi connectivity index (χ1n) is 9.10. The number of hydrogen-bond acceptors (Lipinski definition) is 4. The molecule has 4 heteroatoms. The lowest BCUT2D eigenvalue weighted by Crippen LogP contribution is -2.53. The van der Waals surface area contributed by atoms with Crippen LogP contribution in [0.25, 0.3) is 0 Å². The van der Waals surface area contributed by atoms with E-state index in [9.17, 15) is 4.79 Å². The molecule has 0 amide bonds. The first kappa shape index (κ1) is 17.2. The van der Waals surface area contributed by atoms with Crippen molar-refractivity contribution in [2.24, 2.45) is 0 Å². The van der Waals surface area contributed by atoms with E-state index in [1.54, 1.807) is 6.08 Å². The smallest absolute Gasteiger partial charge is 0.165 e. The number of benzene rings is 2. The molecule has 1 heterocycles. The highest BCUT2D eigenvalue weighted by atomic mass is 16.7. The zero-order valence-electron chi connectivity index (χ0n) is 14.7. The minimum Gasteiger partial charge on any atom is -0.379 e. The van der Waals surface area contributed by atoms with Gasteiger partial charge >= 0.3 is 0 Å². The molecule has 0 radical (unpaired) electrons. The third kappa shape index (κ3) is 3.23. The van der Waals surface area contributed by atoms with Crippen molar-refractivity contribution in [2.75, 3.05) is 19.8 Å². The summed E-state index contributed by atoms with van der Waals surface area (Å²) in [6, 6.07) is 20.0. The molecule has 134 valence electrons. The van der Waals surface area contributed by atoms with Gasteiger partial charge < -0.3 is 4.74 Å². The van der Waals surface area contributed by atoms with Crippen LogP contribution in [0.4, 0.5) is 0 Å². The normalized spacial score (nSPS) is 26.3. The predicted molar refractivity (Wildman–Crippen MR) is 99.4 cm³/mol. The lowest BCUT2D eigenvalue weighted by atomic mass is 9.81. The Bertz CT molecular complexity index is 774. The van der Waals surface area contributed by atoms with Crippen LogP contribution in [-0.2, 0) is 21.0 Å². The van der Waals surface area contributed by atoms with Gasteiger partial charge in [0.15, 0.2) is 5.78 Å². The summed E-state index contributed by atoms with van der Waals surface area (Å²) in [6.07, 6.45) is 4.54. The van der Waals surface area contributed by atoms with Crippen LogP contribution in [0.1, 0.15) is 23.5 Å². The Hall–Kier alpha value is -2.27. The molecule has 1 saturated heterocycles. The van der Waals surface area contributed by atoms with E-state index in [1.807, 2.05) is 71.8 Å². The van der Waals surface area contributed by atoms with Gasteiger partial charge in [0.2, 0.25) is 0 Å². The van der Waals surface area contributed by atoms with E-state index in [1.165, 1.54) is 0 Å². The fraction of sp³-hybridized carbons (Fsp3) is 0.318. The van der Waals surface area contributed by atoms with E-state index in [2.05, 4.69) is 0 Å². The number of allylic oxidation sites excluding steroid dienone is 1. The molecule has 0 N–H and O–H groups in total. The van der Waals surface area contributed by atoms with E-state index in [4.69, 9.17) is 9.57 Å². The minimum atomic E-state index is -0.594. The highest BCUT2D eigenvalue weighted by Crippen LogP contribution is 2.42. The van der Waals surface area contributed by atoms with Crippen molar-refractivity contribution in [3.8, 4) is 0 Å². The van der Waals surface area contributed by atoms with Crippen LogP contribution in [0.2, 0.25) is 0 Å². The molecular formula is C22H23NO3. The third-order valence-corrected chi connectivity index (χ3v) is 5.13. The zero-order chi connectivity index (χ0) is 17.8. The second kappa shape index (κ2) is 7.54. The van der Waals surface area contributed by atoms with E-state index in [0.29, 0.717) is 19.8 Å². The molecule has 2 aromatic rings. The largest absolute Gasteiger partial charge is 0.379 e. The maximum absolute atomic E-state index is 12.8. The number of carbonyl (C=O) groups is 1. The van der Waals surface area contributed by atoms with Gasteiger partial charge in [0.05, 0.1) is 19.1 Å². The fourth-order valence-electron chi connectivity index (χ4n) is 3.86. The van der Waals surface area contributed by atoms with E-state index < -0.39 is 5.54 Å². The van der Waals surface area contributed by atoms with Gasteiger partial charge in [-0.15, -0.1) is 0 Å². The Balaban J connectivity index is 1.65. The molecular weight excluding hydrogens is 326 g/mol. The second-order valence-electron chi connectivity index (χ2n) is 6.84. The van der Waals surface area contributed by atoms with Gasteiger partial charge in [-0.3, -0.25) is 9.63 Å². The quantitative estimate of drug-likeness (QED) is 0.847. The summed E-state index contributed by atoms with van der Waals surface area (Å²) in [5.41, 5.74) is 1.52. The van der Waals surface area contributed by atoms with Gasteiger partial charge in [-0.05, 0) is 23.6 Å². The Kier molecular flexibility index (Phi) is 4.98. The number of ether oxygens (including phenoxy) is 1. The Morgan fingerprint density at radius 3 is 2.58 bits per heavy atom. The average molecular weight is 349 g/mol. The zero-order valence-corrected chi connectivity index (χ0v) is 14.7. The van der Waals surface area contributed by atoms with Crippen LogP contribution < -0.4 is 0 Å². The van der Waals surface area contributed by atoms with Crippen molar-refractivity contribution in [1.29, 1.82) is 0 Å². The highest BCUT2D eigenvalue weighted by molar-refractivity contribution is 6.00. The van der Waals surface area contributed by atoms with Crippen molar-refractivity contribution >= 4 is 5.78 Å². The van der Waals surface area contributed by atoms with Crippen LogP contribution >= 0.6 is 0 Å². The van der Waals surface area contributed by atoms with E-state index >= 15 is 0 Å². The molecule has 4 nitrogen and oxygen atoms in total. The maximum atomic E-state index is 12.8. The van der Waals surface area contributed by atoms with E-state index in [-0.39, 0.29) is 11.7 Å². The number of ketones is 1. The van der Waals surface area contributed by atoms with Gasteiger partial charge in [0, 0.05) is 13.2 Å². The van der Waals surface area contributed by atoms with Gasteiger partial charge in [0.1, 0.15) is 5.54 Å². The Labute approximate surface area is 154 Å². The SMILES string of the molecule is O=C1C=C[C@]2(COCCCN2OCc2ccccc2)[C@@H]1c1ccccc1. The summed E-state index contributed by atoms with van der Waals surface area (Å²) in [5, 5.41) is 1.98. The molecule has 0 saturated carbocycles. The summed E-state index contributed by atoms with van der Waals surface area (Å²) in [5.74, 6) is -0.201. The molecule has 4 rings (SSSR count). The fourth-order valence-corrected chi connectivity index (χ4v) is 3.86. The average Bonchev–Trinajstić information content (AvgIpc) is 2.88. The standard InChI is InChI=1S/C22H23NO3/c24-20-12-13-22(21(20)19-10-5-2-6-11-19)17-25-15-7-14-23(22)26-16-18-8-3-1-4-9-18/h1-6,8-13,21H,7,14-17H2/t21-,22+/m1/s1. The lowest BCUT2D eigenvalue weighted by molar-refractivity contribution is -0.224. The molecule has 0 unspecified atom stereocenters. The summed E-state index contributed by atoms with van der Waals surface area (Å²) in [7, 11) is 0. The van der Waals surface area contributed by atoms with Gasteiger partial charge in [0.25, 0.3) is 0 Å². The molecule has 1 aliphatic heterocycles. The molecule has 1 spiro atoms. The lowest BCUT2D eigenvalue weighted by Gasteiger charge is -2.41. The van der Waals surface area contributed by atoms with Gasteiger partial charge in [-0.25, -0.2) is 0 Å². The van der Waals surface area contributed by atoms with Crippen LogP contribution in [0.3, 0.4) is 0 Å². The molecule has 1 aliphatic carbocycles. The van der Waals surface area contributed by atoms with Crippen molar-refractivity contribution in [2.45, 2.75) is 24.5 Å². The first-order chi connectivity index (χ1) is 12.8. The molecule has 1 fully saturated rings. The molecule has 2 aromatic carbocycles. The van der Waals surface area contributed by atoms with Crippen LogP contribution in [0.5, 0.6) is 0 Å². The van der Waals surface area contributed by atoms with Crippen molar-refractivity contribution in [1.82, 2.24) is 5.06 Å². The van der Waals surface area contributed by atoms with Crippen molar-refractivity contribution < 1.29 is 14.4 Å². The highest BCUT2D eigenvalue weighted by Gasteiger charge is 2.51. The Morgan fingerprint density at radius 2 is 1.81 bits per heavy atom. The van der Waals surface area contributed by atoms with Crippen molar-refractivity contribution in [3.63, 3.8) is 0 Å². The Morgan fingerprint density at radius 1 is 1.08 bits per heavy atom. The summed E-state index contributed by atoms with van der Waals surface area (Å²) in [4.78, 5) is 19.0. The number of hydrogen-bond donors (Lipinski definition) is 0. The van der Waals surface area contributed by atoms with Crippen LogP contribution in [0.15, 0.2) is 72.8 Å². The number of rotatable bonds is 4. The molecule has 2 atom stereocenters. The number of nitrogens with zero attached hydrogens (tertiary/aromatic N) is 1. The summed E-state index contributed by atoms with van der Waals surface area (Å²) < 4.78 is 5.89. The number of hydroxylamine groups is 2. The summed E-state index contributed by atoms with van der Waals surface area (Å²) in [6.45, 7) is 2.33. The molecule has 0 bridgehead atoms. The van der Waals surface area contributed by atoms with Gasteiger partial charge in [-0.1, -0.05) is 66.7 Å². The topological polar surface area (TPSA) is 38.8 Å². The predicted octanol–water partition coefficient (Wildman–Crippen LogP) is 3.50. The van der Waals surface area contributed by atoms with Crippen LogP contribution in [-0.4, -0.2) is 36.1 Å². The first-order valence-corrected chi connectivity index (χ1v) is 9.10. The van der Waals surface area contributed by atoms with Crippen molar-refractivity contribution in [3.05, 3.63) is 83.9 Å². The summed E-state index contributed by atoms with van der Waals surface area (Å²) >= 11 is 0. The maximum Gasteiger partial charge on any atom is 0.165 e. The van der Waals surface area contributed by atoms with E-state index in [0.717, 1.165) is 24.1 Å². The monoisotopic (exact) mass is 349 g/mol. The van der Waals surface area contributed by atoms with Gasteiger partial charge in [-0.2, -0.15) is 5.06 Å². The molecule has 0 aromatic heterocycles. The minimum absolute atomic E-state index is 0.106. The molecule has 2 aliphatic rings. The second-order valence-corrected chi connectivity index (χ2v) is 6.84. The molecule has 26 heavy (non-hydrogen) atoms. The van der Waals surface area contributed by atoms with Crippen LogP contribution in [0, 0.1) is 0 Å². The number of carbonyl (C=O) groups excluding carboxylic acids is 1. The third-order valence-electron chi connectivity index (χ3n) is 5.13.